The van der Waals surface area contributed by atoms with Crippen molar-refractivity contribution in [2.24, 2.45) is 5.92 Å². The van der Waals surface area contributed by atoms with Gasteiger partial charge in [0.2, 0.25) is 0 Å². The van der Waals surface area contributed by atoms with Crippen LogP contribution in [0.15, 0.2) is 0 Å². The maximum absolute atomic E-state index is 5.50. The molecule has 2 rings (SSSR count). The zero-order valence-corrected chi connectivity index (χ0v) is 12.7. The summed E-state index contributed by atoms with van der Waals surface area (Å²) in [5.41, 5.74) is 0. The molecule has 2 aliphatic rings. The molecule has 2 aliphatic heterocycles. The lowest BCUT2D eigenvalue weighted by Crippen LogP contribution is -2.44. The van der Waals surface area contributed by atoms with E-state index in [1.54, 1.807) is 0 Å². The third-order valence-corrected chi connectivity index (χ3v) is 4.66. The molecule has 2 fully saturated rings. The summed E-state index contributed by atoms with van der Waals surface area (Å²) in [6.07, 6.45) is 5.16. The van der Waals surface area contributed by atoms with Gasteiger partial charge in [0.25, 0.3) is 0 Å². The second-order valence-corrected chi connectivity index (χ2v) is 6.21. The van der Waals surface area contributed by atoms with Crippen LogP contribution < -0.4 is 5.32 Å². The first-order valence-corrected chi connectivity index (χ1v) is 7.94. The number of piperazine rings is 1. The average Bonchev–Trinajstić information content (AvgIpc) is 2.45. The minimum atomic E-state index is 0.742. The second-order valence-electron chi connectivity index (χ2n) is 6.21. The van der Waals surface area contributed by atoms with E-state index in [2.05, 4.69) is 29.2 Å². The van der Waals surface area contributed by atoms with Crippen LogP contribution in [0.5, 0.6) is 0 Å². The minimum absolute atomic E-state index is 0.742. The van der Waals surface area contributed by atoms with Crippen molar-refractivity contribution in [3.05, 3.63) is 0 Å². The molecule has 0 aromatic heterocycles. The molecule has 1 unspecified atom stereocenters. The van der Waals surface area contributed by atoms with Gasteiger partial charge in [0, 0.05) is 45.4 Å². The molecule has 0 amide bonds. The third-order valence-electron chi connectivity index (χ3n) is 4.66. The van der Waals surface area contributed by atoms with Gasteiger partial charge in [-0.2, -0.15) is 0 Å². The number of hydrogen-bond acceptors (Lipinski definition) is 4. The Kier molecular flexibility index (Phi) is 6.57. The van der Waals surface area contributed by atoms with Gasteiger partial charge in [-0.25, -0.2) is 0 Å². The van der Waals surface area contributed by atoms with Crippen LogP contribution in [-0.4, -0.2) is 75.9 Å². The fraction of sp³-hybridized carbons (Fsp3) is 1.00. The van der Waals surface area contributed by atoms with E-state index in [1.807, 2.05) is 0 Å². The van der Waals surface area contributed by atoms with Crippen molar-refractivity contribution in [2.75, 3.05) is 60.0 Å². The molecular formula is C15H31N3O. The monoisotopic (exact) mass is 269 g/mol. The Hall–Kier alpha value is -0.160. The van der Waals surface area contributed by atoms with E-state index in [0.29, 0.717) is 0 Å². The van der Waals surface area contributed by atoms with E-state index in [9.17, 15) is 0 Å². The van der Waals surface area contributed by atoms with Crippen molar-refractivity contribution in [3.8, 4) is 0 Å². The summed E-state index contributed by atoms with van der Waals surface area (Å²) in [6.45, 7) is 7.98. The van der Waals surface area contributed by atoms with E-state index in [1.165, 1.54) is 45.3 Å². The highest BCUT2D eigenvalue weighted by Crippen LogP contribution is 2.24. The number of rotatable bonds is 6. The van der Waals surface area contributed by atoms with Gasteiger partial charge in [-0.05, 0) is 52.2 Å². The molecule has 1 N–H and O–H groups in total. The molecule has 0 aromatic carbocycles. The molecule has 0 spiro atoms. The van der Waals surface area contributed by atoms with Crippen molar-refractivity contribution in [1.29, 1.82) is 0 Å². The van der Waals surface area contributed by atoms with Gasteiger partial charge < -0.3 is 19.9 Å². The lowest BCUT2D eigenvalue weighted by molar-refractivity contribution is 0.0335. The average molecular weight is 269 g/mol. The van der Waals surface area contributed by atoms with Crippen molar-refractivity contribution in [3.63, 3.8) is 0 Å². The van der Waals surface area contributed by atoms with Gasteiger partial charge in [-0.1, -0.05) is 0 Å². The summed E-state index contributed by atoms with van der Waals surface area (Å²) in [4.78, 5) is 5.04. The Bertz CT molecular complexity index is 236. The number of hydrogen-bond donors (Lipinski definition) is 1. The molecule has 4 heteroatoms. The van der Waals surface area contributed by atoms with Crippen LogP contribution in [0.2, 0.25) is 0 Å². The predicted octanol–water partition coefficient (Wildman–Crippen LogP) is 1.03. The van der Waals surface area contributed by atoms with E-state index in [0.717, 1.165) is 38.3 Å². The summed E-state index contributed by atoms with van der Waals surface area (Å²) >= 11 is 0. The van der Waals surface area contributed by atoms with Gasteiger partial charge >= 0.3 is 0 Å². The molecule has 19 heavy (non-hydrogen) atoms. The quantitative estimate of drug-likeness (QED) is 0.779. The van der Waals surface area contributed by atoms with Crippen molar-refractivity contribution < 1.29 is 4.74 Å². The molecule has 0 aliphatic carbocycles. The van der Waals surface area contributed by atoms with Crippen LogP contribution in [-0.2, 0) is 4.74 Å². The maximum atomic E-state index is 5.50. The van der Waals surface area contributed by atoms with Crippen molar-refractivity contribution >= 4 is 0 Å². The summed E-state index contributed by atoms with van der Waals surface area (Å²) in [5, 5.41) is 3.42. The Morgan fingerprint density at radius 2 is 1.89 bits per heavy atom. The lowest BCUT2D eigenvalue weighted by Gasteiger charge is -2.35. The standard InChI is InChI=1S/C15H31N3O/c1-17(2)15(14-5-12-19-13-6-14)4-3-9-18-10-7-16-8-11-18/h14-16H,3-13H2,1-2H3. The first-order valence-electron chi connectivity index (χ1n) is 7.94. The van der Waals surface area contributed by atoms with E-state index in [-0.39, 0.29) is 0 Å². The molecule has 0 bridgehead atoms. The summed E-state index contributed by atoms with van der Waals surface area (Å²) in [6, 6.07) is 0.742. The zero-order valence-electron chi connectivity index (χ0n) is 12.7. The maximum Gasteiger partial charge on any atom is 0.0469 e. The number of nitrogens with zero attached hydrogens (tertiary/aromatic N) is 2. The van der Waals surface area contributed by atoms with Crippen molar-refractivity contribution in [2.45, 2.75) is 31.7 Å². The Morgan fingerprint density at radius 3 is 2.53 bits per heavy atom. The molecule has 0 radical (unpaired) electrons. The molecule has 2 saturated heterocycles. The van der Waals surface area contributed by atoms with Crippen LogP contribution in [0.25, 0.3) is 0 Å². The van der Waals surface area contributed by atoms with Gasteiger partial charge in [0.1, 0.15) is 0 Å². The molecule has 0 aromatic rings. The Balaban J connectivity index is 1.70. The topological polar surface area (TPSA) is 27.7 Å². The normalized spacial score (nSPS) is 24.8. The highest BCUT2D eigenvalue weighted by molar-refractivity contribution is 4.79. The number of nitrogens with one attached hydrogen (secondary N) is 1. The van der Waals surface area contributed by atoms with Crippen LogP contribution >= 0.6 is 0 Å². The zero-order chi connectivity index (χ0) is 13.5. The Morgan fingerprint density at radius 1 is 1.21 bits per heavy atom. The minimum Gasteiger partial charge on any atom is -0.381 e. The highest BCUT2D eigenvalue weighted by atomic mass is 16.5. The third kappa shape index (κ3) is 5.03. The molecule has 112 valence electrons. The van der Waals surface area contributed by atoms with Gasteiger partial charge in [0.15, 0.2) is 0 Å². The van der Waals surface area contributed by atoms with Crippen molar-refractivity contribution in [1.82, 2.24) is 15.1 Å². The van der Waals surface area contributed by atoms with E-state index >= 15 is 0 Å². The predicted molar refractivity (Wildman–Crippen MR) is 79.6 cm³/mol. The second kappa shape index (κ2) is 8.20. The summed E-state index contributed by atoms with van der Waals surface area (Å²) < 4.78 is 5.50. The summed E-state index contributed by atoms with van der Waals surface area (Å²) in [7, 11) is 4.48. The van der Waals surface area contributed by atoms with E-state index in [4.69, 9.17) is 4.74 Å². The lowest BCUT2D eigenvalue weighted by atomic mass is 9.88. The van der Waals surface area contributed by atoms with Crippen LogP contribution in [0, 0.1) is 5.92 Å². The van der Waals surface area contributed by atoms with E-state index < -0.39 is 0 Å². The molecule has 1 atom stereocenters. The van der Waals surface area contributed by atoms with Crippen LogP contribution in [0.4, 0.5) is 0 Å². The first kappa shape index (κ1) is 15.2. The largest absolute Gasteiger partial charge is 0.381 e. The smallest absolute Gasteiger partial charge is 0.0469 e. The van der Waals surface area contributed by atoms with Crippen LogP contribution in [0.1, 0.15) is 25.7 Å². The fourth-order valence-electron chi connectivity index (χ4n) is 3.47. The van der Waals surface area contributed by atoms with Gasteiger partial charge in [0.05, 0.1) is 0 Å². The number of ether oxygens (including phenoxy) is 1. The van der Waals surface area contributed by atoms with Crippen LogP contribution in [0.3, 0.4) is 0 Å². The molecule has 4 nitrogen and oxygen atoms in total. The Labute approximate surface area is 118 Å². The first-order chi connectivity index (χ1) is 9.27. The SMILES string of the molecule is CN(C)C(CCCN1CCNCC1)C1CCOCC1. The summed E-state index contributed by atoms with van der Waals surface area (Å²) in [5.74, 6) is 0.840. The highest BCUT2D eigenvalue weighted by Gasteiger charge is 2.25. The molecular weight excluding hydrogens is 238 g/mol. The molecule has 2 heterocycles. The van der Waals surface area contributed by atoms with Gasteiger partial charge in [-0.3, -0.25) is 0 Å². The van der Waals surface area contributed by atoms with Gasteiger partial charge in [-0.15, -0.1) is 0 Å². The molecule has 0 saturated carbocycles. The fourth-order valence-corrected chi connectivity index (χ4v) is 3.47.